The molecule has 0 aromatic heterocycles. The van der Waals surface area contributed by atoms with E-state index in [0.717, 1.165) is 0 Å². The zero-order chi connectivity index (χ0) is 17.8. The molecule has 23 heavy (non-hydrogen) atoms. The number of hydrogen-bond donors (Lipinski definition) is 2. The summed E-state index contributed by atoms with van der Waals surface area (Å²) in [7, 11) is 1.24. The molecule has 1 amide bonds. The van der Waals surface area contributed by atoms with E-state index in [1.165, 1.54) is 19.2 Å². The molecule has 0 aliphatic heterocycles. The molecule has 0 spiro atoms. The zero-order valence-electron chi connectivity index (χ0n) is 13.9. The van der Waals surface area contributed by atoms with Crippen LogP contribution >= 0.6 is 0 Å². The number of carbonyl (C=O) groups is 3. The SMILES string of the molecule is COC(=O)c1cc(C)c(C(=O)O)c(CNC(=O)OC(C)(C)C)c1. The number of carboxylic acid groups (broad SMARTS) is 1. The number of nitrogens with one attached hydrogen (secondary N) is 1. The molecule has 0 bridgehead atoms. The van der Waals surface area contributed by atoms with Gasteiger partial charge in [-0.3, -0.25) is 0 Å². The first-order valence-electron chi connectivity index (χ1n) is 6.97. The van der Waals surface area contributed by atoms with E-state index in [9.17, 15) is 19.5 Å². The number of alkyl carbamates (subject to hydrolysis) is 1. The van der Waals surface area contributed by atoms with Crippen LogP contribution in [-0.4, -0.2) is 35.8 Å². The predicted molar refractivity (Wildman–Crippen MR) is 82.6 cm³/mol. The Balaban J connectivity index is 3.07. The van der Waals surface area contributed by atoms with Gasteiger partial charge in [0.05, 0.1) is 18.2 Å². The van der Waals surface area contributed by atoms with Crippen LogP contribution in [0.2, 0.25) is 0 Å². The molecule has 0 fully saturated rings. The molecule has 2 N–H and O–H groups in total. The molecule has 0 heterocycles. The molecule has 0 saturated carbocycles. The second-order valence-corrected chi connectivity index (χ2v) is 5.98. The monoisotopic (exact) mass is 323 g/mol. The fraction of sp³-hybridized carbons (Fsp3) is 0.438. The van der Waals surface area contributed by atoms with Crippen molar-refractivity contribution in [3.63, 3.8) is 0 Å². The van der Waals surface area contributed by atoms with Crippen LogP contribution < -0.4 is 5.32 Å². The average Bonchev–Trinajstić information content (AvgIpc) is 2.41. The van der Waals surface area contributed by atoms with Gasteiger partial charge in [-0.1, -0.05) is 0 Å². The van der Waals surface area contributed by atoms with Crippen LogP contribution in [0.3, 0.4) is 0 Å². The highest BCUT2D eigenvalue weighted by Gasteiger charge is 2.20. The number of aryl methyl sites for hydroxylation is 1. The quantitative estimate of drug-likeness (QED) is 0.825. The Hall–Kier alpha value is -2.57. The molecular formula is C16H21NO6. The molecule has 1 rings (SSSR count). The molecule has 0 aliphatic carbocycles. The molecular weight excluding hydrogens is 302 g/mol. The van der Waals surface area contributed by atoms with Crippen molar-refractivity contribution < 1.29 is 29.0 Å². The number of benzene rings is 1. The smallest absolute Gasteiger partial charge is 0.407 e. The Morgan fingerprint density at radius 1 is 1.22 bits per heavy atom. The maximum absolute atomic E-state index is 11.7. The van der Waals surface area contributed by atoms with Crippen molar-refractivity contribution >= 4 is 18.0 Å². The molecule has 1 aromatic rings. The van der Waals surface area contributed by atoms with Gasteiger partial charge in [0.25, 0.3) is 0 Å². The normalized spacial score (nSPS) is 10.8. The Morgan fingerprint density at radius 3 is 2.30 bits per heavy atom. The highest BCUT2D eigenvalue weighted by molar-refractivity contribution is 5.95. The minimum atomic E-state index is -1.14. The number of rotatable bonds is 4. The van der Waals surface area contributed by atoms with Gasteiger partial charge < -0.3 is 19.9 Å². The maximum Gasteiger partial charge on any atom is 0.407 e. The van der Waals surface area contributed by atoms with Crippen molar-refractivity contribution in [1.82, 2.24) is 5.32 Å². The second kappa shape index (κ2) is 7.13. The van der Waals surface area contributed by atoms with E-state index in [-0.39, 0.29) is 17.7 Å². The third-order valence-corrected chi connectivity index (χ3v) is 2.87. The highest BCUT2D eigenvalue weighted by atomic mass is 16.6. The molecule has 0 saturated heterocycles. The van der Waals surface area contributed by atoms with Crippen molar-refractivity contribution in [2.45, 2.75) is 39.8 Å². The van der Waals surface area contributed by atoms with E-state index in [1.807, 2.05) is 0 Å². The number of carbonyl (C=O) groups excluding carboxylic acids is 2. The Bertz CT molecular complexity index is 630. The van der Waals surface area contributed by atoms with Gasteiger partial charge in [-0.05, 0) is 51.0 Å². The van der Waals surface area contributed by atoms with Gasteiger partial charge in [0.15, 0.2) is 0 Å². The topological polar surface area (TPSA) is 102 Å². The summed E-state index contributed by atoms with van der Waals surface area (Å²) in [5, 5.41) is 11.8. The van der Waals surface area contributed by atoms with E-state index in [4.69, 9.17) is 4.74 Å². The standard InChI is InChI=1S/C16H21NO6/c1-9-6-10(14(20)22-5)7-11(12(9)13(18)19)8-17-15(21)23-16(2,3)4/h6-7H,8H2,1-5H3,(H,17,21)(H,18,19). The van der Waals surface area contributed by atoms with Crippen molar-refractivity contribution in [2.75, 3.05) is 7.11 Å². The molecule has 126 valence electrons. The largest absolute Gasteiger partial charge is 0.478 e. The van der Waals surface area contributed by atoms with Crippen LogP contribution in [0, 0.1) is 6.92 Å². The van der Waals surface area contributed by atoms with Gasteiger partial charge in [0.1, 0.15) is 5.60 Å². The summed E-state index contributed by atoms with van der Waals surface area (Å²) < 4.78 is 9.74. The fourth-order valence-corrected chi connectivity index (χ4v) is 2.02. The number of ether oxygens (including phenoxy) is 2. The summed E-state index contributed by atoms with van der Waals surface area (Å²) in [6.07, 6.45) is -0.671. The molecule has 0 radical (unpaired) electrons. The van der Waals surface area contributed by atoms with E-state index in [1.54, 1.807) is 27.7 Å². The van der Waals surface area contributed by atoms with Crippen LogP contribution in [0.15, 0.2) is 12.1 Å². The maximum atomic E-state index is 11.7. The summed E-state index contributed by atoms with van der Waals surface area (Å²) >= 11 is 0. The van der Waals surface area contributed by atoms with Gasteiger partial charge in [-0.25, -0.2) is 14.4 Å². The number of amides is 1. The lowest BCUT2D eigenvalue weighted by Gasteiger charge is -2.20. The van der Waals surface area contributed by atoms with Crippen molar-refractivity contribution in [3.05, 3.63) is 34.4 Å². The molecule has 7 nitrogen and oxygen atoms in total. The lowest BCUT2D eigenvalue weighted by molar-refractivity contribution is 0.0520. The first kappa shape index (κ1) is 18.5. The summed E-state index contributed by atoms with van der Waals surface area (Å²) in [6, 6.07) is 2.83. The molecule has 0 unspecified atom stereocenters. The first-order valence-corrected chi connectivity index (χ1v) is 6.97. The van der Waals surface area contributed by atoms with Gasteiger partial charge in [-0.2, -0.15) is 0 Å². The van der Waals surface area contributed by atoms with Gasteiger partial charge in [-0.15, -0.1) is 0 Å². The average molecular weight is 323 g/mol. The van der Waals surface area contributed by atoms with E-state index in [0.29, 0.717) is 11.1 Å². The Labute approximate surface area is 134 Å². The summed E-state index contributed by atoms with van der Waals surface area (Å²) in [5.74, 6) is -1.72. The minimum Gasteiger partial charge on any atom is -0.478 e. The third kappa shape index (κ3) is 5.28. The molecule has 1 aromatic carbocycles. The third-order valence-electron chi connectivity index (χ3n) is 2.87. The summed E-state index contributed by atoms with van der Waals surface area (Å²) in [5.41, 5.74) is 0.290. The van der Waals surface area contributed by atoms with E-state index >= 15 is 0 Å². The molecule has 0 aliphatic rings. The number of methoxy groups -OCH3 is 1. The number of esters is 1. The fourth-order valence-electron chi connectivity index (χ4n) is 2.02. The van der Waals surface area contributed by atoms with E-state index < -0.39 is 23.6 Å². The zero-order valence-corrected chi connectivity index (χ0v) is 13.9. The van der Waals surface area contributed by atoms with Gasteiger partial charge in [0, 0.05) is 6.54 Å². The highest BCUT2D eigenvalue weighted by Crippen LogP contribution is 2.19. The van der Waals surface area contributed by atoms with Crippen molar-refractivity contribution in [1.29, 1.82) is 0 Å². The molecule has 7 heteroatoms. The van der Waals surface area contributed by atoms with Crippen LogP contribution in [0.25, 0.3) is 0 Å². The van der Waals surface area contributed by atoms with E-state index in [2.05, 4.69) is 10.1 Å². The van der Waals surface area contributed by atoms with Crippen molar-refractivity contribution in [3.8, 4) is 0 Å². The van der Waals surface area contributed by atoms with Gasteiger partial charge >= 0.3 is 18.0 Å². The number of carboxylic acids is 1. The predicted octanol–water partition coefficient (Wildman–Crippen LogP) is 2.50. The van der Waals surface area contributed by atoms with Crippen LogP contribution in [0.1, 0.15) is 52.6 Å². The Morgan fingerprint density at radius 2 is 1.83 bits per heavy atom. The minimum absolute atomic E-state index is 0.0358. The lowest BCUT2D eigenvalue weighted by atomic mass is 9.98. The molecule has 0 atom stereocenters. The summed E-state index contributed by atoms with van der Waals surface area (Å²) in [4.78, 5) is 34.8. The van der Waals surface area contributed by atoms with Crippen LogP contribution in [-0.2, 0) is 16.0 Å². The Kier molecular flexibility index (Phi) is 5.73. The number of hydrogen-bond acceptors (Lipinski definition) is 5. The van der Waals surface area contributed by atoms with Gasteiger partial charge in [0.2, 0.25) is 0 Å². The second-order valence-electron chi connectivity index (χ2n) is 5.98. The van der Waals surface area contributed by atoms with Crippen LogP contribution in [0.5, 0.6) is 0 Å². The van der Waals surface area contributed by atoms with Crippen LogP contribution in [0.4, 0.5) is 4.79 Å². The summed E-state index contributed by atoms with van der Waals surface area (Å²) in [6.45, 7) is 6.65. The van der Waals surface area contributed by atoms with Crippen molar-refractivity contribution in [2.24, 2.45) is 0 Å². The lowest BCUT2D eigenvalue weighted by Crippen LogP contribution is -2.32. The first-order chi connectivity index (χ1) is 10.5. The number of aromatic carboxylic acids is 1.